The number of carbonyl (C=O) groups is 1. The molecule has 0 radical (unpaired) electrons. The van der Waals surface area contributed by atoms with Crippen LogP contribution in [0.4, 0.5) is 5.82 Å². The van der Waals surface area contributed by atoms with E-state index in [-0.39, 0.29) is 27.3 Å². The quantitative estimate of drug-likeness (QED) is 0.298. The first kappa shape index (κ1) is 27.4. The summed E-state index contributed by atoms with van der Waals surface area (Å²) in [6.45, 7) is 5.38. The Kier molecular flexibility index (Phi) is 8.47. The van der Waals surface area contributed by atoms with Crippen LogP contribution in [0, 0.1) is 5.92 Å². The van der Waals surface area contributed by atoms with Crippen LogP contribution in [0.5, 0.6) is 0 Å². The number of sulfonamides is 1. The molecular formula is C25H28BrClN6O3S. The van der Waals surface area contributed by atoms with E-state index in [1.54, 1.807) is 18.3 Å². The summed E-state index contributed by atoms with van der Waals surface area (Å²) in [4.78, 5) is 25.3. The minimum atomic E-state index is -4.27. The van der Waals surface area contributed by atoms with Gasteiger partial charge >= 0.3 is 0 Å². The van der Waals surface area contributed by atoms with Crippen molar-refractivity contribution in [3.05, 3.63) is 75.7 Å². The number of hydrogen-bond acceptors (Lipinski definition) is 8. The molecule has 0 aliphatic carbocycles. The third-order valence-electron chi connectivity index (χ3n) is 6.18. The lowest BCUT2D eigenvalue weighted by atomic mass is 9.91. The maximum absolute atomic E-state index is 12.9. The van der Waals surface area contributed by atoms with Crippen LogP contribution in [0.15, 0.2) is 64.4 Å². The second kappa shape index (κ2) is 11.4. The topological polar surface area (TPSA) is 126 Å². The van der Waals surface area contributed by atoms with E-state index in [2.05, 4.69) is 55.4 Å². The van der Waals surface area contributed by atoms with Crippen LogP contribution in [0.2, 0.25) is 5.15 Å². The average Bonchev–Trinajstić information content (AvgIpc) is 3.20. The highest BCUT2D eigenvalue weighted by Gasteiger charge is 2.30. The van der Waals surface area contributed by atoms with Crippen LogP contribution in [0.3, 0.4) is 0 Å². The number of hydrogen-bond donors (Lipinski definition) is 3. The second-order valence-corrected chi connectivity index (χ2v) is 12.4. The van der Waals surface area contributed by atoms with Crippen molar-refractivity contribution in [3.8, 4) is 0 Å². The Labute approximate surface area is 230 Å². The van der Waals surface area contributed by atoms with Crippen LogP contribution in [0.25, 0.3) is 0 Å². The predicted molar refractivity (Wildman–Crippen MR) is 146 cm³/mol. The van der Waals surface area contributed by atoms with Gasteiger partial charge in [0, 0.05) is 11.7 Å². The number of nitrogens with zero attached hydrogens (tertiary/aromatic N) is 3. The molecule has 4 rings (SSSR count). The minimum Gasteiger partial charge on any atom is -0.362 e. The molecule has 3 aromatic rings. The highest BCUT2D eigenvalue weighted by atomic mass is 79.9. The molecule has 0 aromatic carbocycles. The van der Waals surface area contributed by atoms with Crippen molar-refractivity contribution in [3.63, 3.8) is 0 Å². The minimum absolute atomic E-state index is 0.0671. The lowest BCUT2D eigenvalue weighted by Crippen LogP contribution is -2.31. The summed E-state index contributed by atoms with van der Waals surface area (Å²) >= 11 is 9.15. The fraction of sp³-hybridized carbons (Fsp3) is 0.360. The van der Waals surface area contributed by atoms with Crippen molar-refractivity contribution >= 4 is 49.3 Å². The molecule has 12 heteroatoms. The van der Waals surface area contributed by atoms with E-state index in [1.807, 2.05) is 22.9 Å². The molecule has 37 heavy (non-hydrogen) atoms. The van der Waals surface area contributed by atoms with E-state index in [4.69, 9.17) is 11.6 Å². The zero-order valence-electron chi connectivity index (χ0n) is 20.4. The smallest absolute Gasteiger partial charge is 0.281 e. The lowest BCUT2D eigenvalue weighted by Gasteiger charge is -2.21. The van der Waals surface area contributed by atoms with Crippen LogP contribution in [-0.2, 0) is 10.0 Å². The first-order valence-electron chi connectivity index (χ1n) is 11.8. The number of nitrogens with one attached hydrogen (secondary N) is 3. The Morgan fingerprint density at radius 1 is 1.19 bits per heavy atom. The predicted octanol–water partition coefficient (Wildman–Crippen LogP) is 4.73. The third-order valence-corrected chi connectivity index (χ3v) is 8.15. The Morgan fingerprint density at radius 3 is 2.68 bits per heavy atom. The van der Waals surface area contributed by atoms with Gasteiger partial charge in [0.1, 0.15) is 15.6 Å². The van der Waals surface area contributed by atoms with E-state index >= 15 is 0 Å². The van der Waals surface area contributed by atoms with Gasteiger partial charge in [0.25, 0.3) is 15.9 Å². The molecule has 1 aliphatic rings. The van der Waals surface area contributed by atoms with Crippen molar-refractivity contribution in [1.29, 1.82) is 0 Å². The summed E-state index contributed by atoms with van der Waals surface area (Å²) in [6.07, 6.45) is 4.59. The number of pyridine rings is 3. The van der Waals surface area contributed by atoms with Crippen LogP contribution in [-0.4, -0.2) is 41.4 Å². The van der Waals surface area contributed by atoms with Gasteiger partial charge < -0.3 is 10.6 Å². The highest BCUT2D eigenvalue weighted by molar-refractivity contribution is 9.10. The van der Waals surface area contributed by atoms with Gasteiger partial charge in [-0.3, -0.25) is 9.78 Å². The lowest BCUT2D eigenvalue weighted by molar-refractivity contribution is 0.0981. The van der Waals surface area contributed by atoms with Crippen LogP contribution >= 0.6 is 27.5 Å². The molecule has 196 valence electrons. The number of carbonyl (C=O) groups excluding carboxylic acids is 1. The Morgan fingerprint density at radius 2 is 2.00 bits per heavy atom. The molecule has 9 nitrogen and oxygen atoms in total. The van der Waals surface area contributed by atoms with Gasteiger partial charge in [-0.1, -0.05) is 23.7 Å². The molecule has 2 unspecified atom stereocenters. The van der Waals surface area contributed by atoms with Crippen molar-refractivity contribution < 1.29 is 13.2 Å². The molecule has 3 N–H and O–H groups in total. The van der Waals surface area contributed by atoms with Gasteiger partial charge in [0.15, 0.2) is 5.03 Å². The molecule has 1 saturated heterocycles. The number of amides is 1. The van der Waals surface area contributed by atoms with Crippen LogP contribution < -0.4 is 15.4 Å². The Bertz CT molecular complexity index is 1370. The average molecular weight is 608 g/mol. The second-order valence-electron chi connectivity index (χ2n) is 9.63. The molecule has 1 amide bonds. The van der Waals surface area contributed by atoms with Crippen molar-refractivity contribution in [2.45, 2.75) is 49.7 Å². The van der Waals surface area contributed by atoms with Gasteiger partial charge in [-0.2, -0.15) is 8.42 Å². The molecule has 3 aromatic heterocycles. The van der Waals surface area contributed by atoms with E-state index < -0.39 is 15.9 Å². The summed E-state index contributed by atoms with van der Waals surface area (Å²) in [5.74, 6) is 0.00151. The van der Waals surface area contributed by atoms with Gasteiger partial charge in [0.2, 0.25) is 0 Å². The van der Waals surface area contributed by atoms with Crippen molar-refractivity contribution in [2.24, 2.45) is 5.92 Å². The Balaban J connectivity index is 1.50. The van der Waals surface area contributed by atoms with Gasteiger partial charge in [-0.25, -0.2) is 14.7 Å². The van der Waals surface area contributed by atoms with E-state index in [0.717, 1.165) is 31.5 Å². The maximum atomic E-state index is 12.9. The molecule has 0 bridgehead atoms. The van der Waals surface area contributed by atoms with Crippen molar-refractivity contribution in [2.75, 3.05) is 11.9 Å². The van der Waals surface area contributed by atoms with Crippen LogP contribution in [0.1, 0.15) is 55.2 Å². The van der Waals surface area contributed by atoms with E-state index in [0.29, 0.717) is 16.3 Å². The largest absolute Gasteiger partial charge is 0.362 e. The molecule has 1 fully saturated rings. The molecule has 0 spiro atoms. The van der Waals surface area contributed by atoms with E-state index in [1.165, 1.54) is 18.2 Å². The molecule has 2 atom stereocenters. The molecule has 0 saturated carbocycles. The Hall–Kier alpha value is -2.60. The van der Waals surface area contributed by atoms with E-state index in [9.17, 15) is 13.2 Å². The third kappa shape index (κ3) is 7.25. The first-order valence-corrected chi connectivity index (χ1v) is 14.5. The number of halogens is 2. The highest BCUT2D eigenvalue weighted by Crippen LogP contribution is 2.30. The number of aromatic nitrogens is 3. The zero-order chi connectivity index (χ0) is 26.6. The standard InChI is InChI=1S/C25H28BrClN6O3S/c1-25(2)14-16(15-29-25)9-11-19(18-6-3-4-13-28-18)30-21-7-5-8-22(32-21)37(35,36)33-24(34)17-10-12-20(26)31-23(17)27/h3-8,10,12-13,16,19,29H,9,11,14-15H2,1-2H3,(H,30,32)(H,33,34). The molecule has 1 aliphatic heterocycles. The first-order chi connectivity index (χ1) is 17.5. The summed E-state index contributed by atoms with van der Waals surface area (Å²) < 4.78 is 28.3. The zero-order valence-corrected chi connectivity index (χ0v) is 23.6. The normalized spacial score (nSPS) is 17.8. The van der Waals surface area contributed by atoms with Gasteiger partial charge in [-0.05, 0) is 97.9 Å². The number of anilines is 1. The number of rotatable bonds is 9. The maximum Gasteiger partial charge on any atom is 0.281 e. The summed E-state index contributed by atoms with van der Waals surface area (Å²) in [5, 5.41) is 6.48. The molecule has 4 heterocycles. The summed E-state index contributed by atoms with van der Waals surface area (Å²) in [6, 6.07) is 13.0. The fourth-order valence-corrected chi connectivity index (χ4v) is 5.99. The van der Waals surface area contributed by atoms with Gasteiger partial charge in [0.05, 0.1) is 17.3 Å². The van der Waals surface area contributed by atoms with Crippen molar-refractivity contribution in [1.82, 2.24) is 25.0 Å². The molecular weight excluding hydrogens is 580 g/mol. The summed E-state index contributed by atoms with van der Waals surface area (Å²) in [5.41, 5.74) is 0.903. The SMILES string of the molecule is CC1(C)CC(CCC(Nc2cccc(S(=O)(=O)NC(=O)c3ccc(Br)nc3Cl)n2)c2ccccn2)CN1. The fourth-order valence-electron chi connectivity index (χ4n) is 4.40. The monoisotopic (exact) mass is 606 g/mol. The van der Waals surface area contributed by atoms with Gasteiger partial charge in [-0.15, -0.1) is 0 Å². The summed E-state index contributed by atoms with van der Waals surface area (Å²) in [7, 11) is -4.27.